The summed E-state index contributed by atoms with van der Waals surface area (Å²) in [5.41, 5.74) is 0. The van der Waals surface area contributed by atoms with E-state index < -0.39 is 6.04 Å². The van der Waals surface area contributed by atoms with Gasteiger partial charge in [0.1, 0.15) is 12.0 Å². The minimum atomic E-state index is -0.433. The lowest BCUT2D eigenvalue weighted by Gasteiger charge is -2.15. The summed E-state index contributed by atoms with van der Waals surface area (Å²) >= 11 is 0. The zero-order chi connectivity index (χ0) is 13.4. The SMILES string of the molecule is CC(C)C[C@@H](C=O)NC(=O)COc1ccccc1. The molecule has 18 heavy (non-hydrogen) atoms. The molecular formula is C14H19NO3. The lowest BCUT2D eigenvalue weighted by Crippen LogP contribution is -2.39. The molecule has 0 bridgehead atoms. The lowest BCUT2D eigenvalue weighted by molar-refractivity contribution is -0.125. The van der Waals surface area contributed by atoms with Gasteiger partial charge in [-0.3, -0.25) is 4.79 Å². The number of ether oxygens (including phenoxy) is 1. The first-order valence-electron chi connectivity index (χ1n) is 6.04. The predicted molar refractivity (Wildman–Crippen MR) is 69.4 cm³/mol. The van der Waals surface area contributed by atoms with Crippen molar-refractivity contribution in [2.45, 2.75) is 26.3 Å². The number of carbonyl (C=O) groups excluding carboxylic acids is 2. The van der Waals surface area contributed by atoms with Crippen LogP contribution in [0.3, 0.4) is 0 Å². The molecule has 0 aromatic heterocycles. The molecule has 1 aromatic rings. The smallest absolute Gasteiger partial charge is 0.258 e. The summed E-state index contributed by atoms with van der Waals surface area (Å²) in [5, 5.41) is 2.64. The van der Waals surface area contributed by atoms with Gasteiger partial charge in [0.25, 0.3) is 5.91 Å². The van der Waals surface area contributed by atoms with Crippen LogP contribution in [0.2, 0.25) is 0 Å². The standard InChI is InChI=1S/C14H19NO3/c1-11(2)8-12(9-16)15-14(17)10-18-13-6-4-3-5-7-13/h3-7,9,11-12H,8,10H2,1-2H3,(H,15,17)/t12-/m0/s1. The predicted octanol–water partition coefficient (Wildman–Crippen LogP) is 1.80. The molecule has 0 saturated carbocycles. The number of rotatable bonds is 7. The number of carbonyl (C=O) groups is 2. The van der Waals surface area contributed by atoms with E-state index in [1.54, 1.807) is 12.1 Å². The molecular weight excluding hydrogens is 230 g/mol. The molecule has 0 saturated heterocycles. The second-order valence-corrected chi connectivity index (χ2v) is 4.54. The topological polar surface area (TPSA) is 55.4 Å². The summed E-state index contributed by atoms with van der Waals surface area (Å²) < 4.78 is 5.29. The summed E-state index contributed by atoms with van der Waals surface area (Å²) in [6.07, 6.45) is 1.40. The molecule has 0 fully saturated rings. The zero-order valence-electron chi connectivity index (χ0n) is 10.8. The Balaban J connectivity index is 2.34. The van der Waals surface area contributed by atoms with Crippen LogP contribution in [0.4, 0.5) is 0 Å². The first-order valence-corrected chi connectivity index (χ1v) is 6.04. The number of aldehydes is 1. The largest absolute Gasteiger partial charge is 0.484 e. The van der Waals surface area contributed by atoms with Gasteiger partial charge in [-0.25, -0.2) is 0 Å². The van der Waals surface area contributed by atoms with Crippen LogP contribution in [0.1, 0.15) is 20.3 Å². The Hall–Kier alpha value is -1.84. The van der Waals surface area contributed by atoms with E-state index in [2.05, 4.69) is 5.32 Å². The van der Waals surface area contributed by atoms with E-state index in [1.807, 2.05) is 32.0 Å². The Labute approximate surface area is 107 Å². The van der Waals surface area contributed by atoms with E-state index in [-0.39, 0.29) is 12.5 Å². The molecule has 0 spiro atoms. The second kappa shape index (κ2) is 7.48. The molecule has 0 aliphatic rings. The number of nitrogens with one attached hydrogen (secondary N) is 1. The average Bonchev–Trinajstić information content (AvgIpc) is 2.36. The van der Waals surface area contributed by atoms with Crippen molar-refractivity contribution in [2.24, 2.45) is 5.92 Å². The Morgan fingerprint density at radius 2 is 2.00 bits per heavy atom. The number of hydrogen-bond acceptors (Lipinski definition) is 3. The van der Waals surface area contributed by atoms with E-state index in [9.17, 15) is 9.59 Å². The van der Waals surface area contributed by atoms with Gasteiger partial charge in [0.05, 0.1) is 6.04 Å². The Morgan fingerprint density at radius 3 is 2.56 bits per heavy atom. The fourth-order valence-corrected chi connectivity index (χ4v) is 1.57. The molecule has 4 heteroatoms. The van der Waals surface area contributed by atoms with E-state index in [1.165, 1.54) is 0 Å². The molecule has 1 amide bonds. The monoisotopic (exact) mass is 249 g/mol. The van der Waals surface area contributed by atoms with Crippen molar-refractivity contribution in [1.29, 1.82) is 0 Å². The number of amides is 1. The first-order chi connectivity index (χ1) is 8.61. The maximum Gasteiger partial charge on any atom is 0.258 e. The third-order valence-corrected chi connectivity index (χ3v) is 2.35. The third-order valence-electron chi connectivity index (χ3n) is 2.35. The maximum atomic E-state index is 11.6. The highest BCUT2D eigenvalue weighted by molar-refractivity contribution is 5.80. The highest BCUT2D eigenvalue weighted by Crippen LogP contribution is 2.08. The molecule has 0 aliphatic carbocycles. The van der Waals surface area contributed by atoms with Gasteiger partial charge in [-0.1, -0.05) is 32.0 Å². The number of para-hydroxylation sites is 1. The van der Waals surface area contributed by atoms with Crippen molar-refractivity contribution in [1.82, 2.24) is 5.32 Å². The van der Waals surface area contributed by atoms with Gasteiger partial charge in [-0.15, -0.1) is 0 Å². The second-order valence-electron chi connectivity index (χ2n) is 4.54. The van der Waals surface area contributed by atoms with Crippen LogP contribution in [-0.4, -0.2) is 24.8 Å². The summed E-state index contributed by atoms with van der Waals surface area (Å²) in [4.78, 5) is 22.4. The van der Waals surface area contributed by atoms with Gasteiger partial charge < -0.3 is 14.8 Å². The van der Waals surface area contributed by atoms with Gasteiger partial charge in [-0.2, -0.15) is 0 Å². The molecule has 1 aromatic carbocycles. The van der Waals surface area contributed by atoms with Crippen molar-refractivity contribution in [3.63, 3.8) is 0 Å². The molecule has 1 N–H and O–H groups in total. The Morgan fingerprint density at radius 1 is 1.33 bits per heavy atom. The molecule has 0 unspecified atom stereocenters. The molecule has 1 atom stereocenters. The van der Waals surface area contributed by atoms with Crippen LogP contribution in [0.25, 0.3) is 0 Å². The summed E-state index contributed by atoms with van der Waals surface area (Å²) in [6, 6.07) is 8.66. The average molecular weight is 249 g/mol. The normalized spacial score (nSPS) is 11.9. The fourth-order valence-electron chi connectivity index (χ4n) is 1.57. The third kappa shape index (κ3) is 5.48. The van der Waals surface area contributed by atoms with Gasteiger partial charge in [0.2, 0.25) is 0 Å². The van der Waals surface area contributed by atoms with Crippen LogP contribution in [-0.2, 0) is 9.59 Å². The van der Waals surface area contributed by atoms with E-state index in [0.29, 0.717) is 18.1 Å². The maximum absolute atomic E-state index is 11.6. The van der Waals surface area contributed by atoms with Crippen molar-refractivity contribution in [2.75, 3.05) is 6.61 Å². The van der Waals surface area contributed by atoms with Crippen molar-refractivity contribution < 1.29 is 14.3 Å². The number of hydrogen-bond donors (Lipinski definition) is 1. The van der Waals surface area contributed by atoms with Gasteiger partial charge in [-0.05, 0) is 24.5 Å². The summed E-state index contributed by atoms with van der Waals surface area (Å²) in [7, 11) is 0. The Kier molecular flexibility index (Phi) is 5.91. The van der Waals surface area contributed by atoms with Crippen LogP contribution >= 0.6 is 0 Å². The Bertz CT molecular complexity index is 376. The molecule has 0 radical (unpaired) electrons. The fraction of sp³-hybridized carbons (Fsp3) is 0.429. The van der Waals surface area contributed by atoms with Crippen LogP contribution in [0, 0.1) is 5.92 Å². The minimum Gasteiger partial charge on any atom is -0.484 e. The van der Waals surface area contributed by atoms with Gasteiger partial charge in [0.15, 0.2) is 6.61 Å². The van der Waals surface area contributed by atoms with Gasteiger partial charge in [0, 0.05) is 0 Å². The zero-order valence-corrected chi connectivity index (χ0v) is 10.8. The van der Waals surface area contributed by atoms with Crippen molar-refractivity contribution >= 4 is 12.2 Å². The van der Waals surface area contributed by atoms with Crippen LogP contribution < -0.4 is 10.1 Å². The van der Waals surface area contributed by atoms with Crippen molar-refractivity contribution in [3.8, 4) is 5.75 Å². The molecule has 1 rings (SSSR count). The van der Waals surface area contributed by atoms with Crippen LogP contribution in [0.5, 0.6) is 5.75 Å². The molecule has 4 nitrogen and oxygen atoms in total. The van der Waals surface area contributed by atoms with E-state index in [0.717, 1.165) is 6.29 Å². The summed E-state index contributed by atoms with van der Waals surface area (Å²) in [5.74, 6) is 0.714. The highest BCUT2D eigenvalue weighted by atomic mass is 16.5. The molecule has 0 heterocycles. The van der Waals surface area contributed by atoms with Gasteiger partial charge >= 0.3 is 0 Å². The lowest BCUT2D eigenvalue weighted by atomic mass is 10.1. The first kappa shape index (κ1) is 14.2. The number of benzene rings is 1. The molecule has 0 aliphatic heterocycles. The van der Waals surface area contributed by atoms with Crippen molar-refractivity contribution in [3.05, 3.63) is 30.3 Å². The minimum absolute atomic E-state index is 0.0769. The van der Waals surface area contributed by atoms with E-state index in [4.69, 9.17) is 4.74 Å². The summed E-state index contributed by atoms with van der Waals surface area (Å²) in [6.45, 7) is 3.93. The molecule has 98 valence electrons. The van der Waals surface area contributed by atoms with E-state index >= 15 is 0 Å². The van der Waals surface area contributed by atoms with Crippen LogP contribution in [0.15, 0.2) is 30.3 Å². The highest BCUT2D eigenvalue weighted by Gasteiger charge is 2.13. The quantitative estimate of drug-likeness (QED) is 0.750.